The van der Waals surface area contributed by atoms with Gasteiger partial charge in [0.1, 0.15) is 0 Å². The Kier molecular flexibility index (Phi) is 4.09. The summed E-state index contributed by atoms with van der Waals surface area (Å²) in [7, 11) is -1.61. The fraction of sp³-hybridized carbons (Fsp3) is 0.0526. The van der Waals surface area contributed by atoms with E-state index < -0.39 is 10.0 Å². The largest absolute Gasteiger partial charge is 0.386 e. The van der Waals surface area contributed by atoms with Crippen LogP contribution in [0.2, 0.25) is 0 Å². The van der Waals surface area contributed by atoms with E-state index in [-0.39, 0.29) is 5.94 Å². The van der Waals surface area contributed by atoms with Gasteiger partial charge in [0.25, 0.3) is 0 Å². The number of aliphatic hydroxyl groups is 1. The second kappa shape index (κ2) is 6.17. The van der Waals surface area contributed by atoms with Crippen molar-refractivity contribution in [1.29, 1.82) is 0 Å². The number of hydrogen-bond acceptors (Lipinski definition) is 1. The molecule has 0 aliphatic heterocycles. The normalized spacial score (nSPS) is 12.0. The van der Waals surface area contributed by atoms with Crippen LogP contribution in [0.3, 0.4) is 0 Å². The maximum Gasteiger partial charge on any atom is 0.0847 e. The first kappa shape index (κ1) is 13.9. The number of benzene rings is 3. The Balaban J connectivity index is 2.29. The Morgan fingerprint density at radius 2 is 0.810 bits per heavy atom. The molecule has 0 spiro atoms. The first-order valence-electron chi connectivity index (χ1n) is 6.95. The molecule has 0 saturated heterocycles. The summed E-state index contributed by atoms with van der Waals surface area (Å²) >= 11 is 0. The summed E-state index contributed by atoms with van der Waals surface area (Å²) in [5.74, 6) is 0.116. The predicted molar refractivity (Wildman–Crippen MR) is 88.8 cm³/mol. The van der Waals surface area contributed by atoms with Crippen LogP contribution in [0.5, 0.6) is 0 Å². The number of hydrogen-bond donors (Lipinski definition) is 1. The molecule has 0 heterocycles. The molecule has 0 saturated carbocycles. The van der Waals surface area contributed by atoms with E-state index in [2.05, 4.69) is 36.4 Å². The van der Waals surface area contributed by atoms with E-state index in [0.717, 1.165) is 0 Å². The van der Waals surface area contributed by atoms with Crippen LogP contribution in [0, 0.1) is 0 Å². The van der Waals surface area contributed by atoms with Gasteiger partial charge in [0.05, 0.1) is 5.94 Å². The van der Waals surface area contributed by atoms with Gasteiger partial charge < -0.3 is 5.11 Å². The fourth-order valence-electron chi connectivity index (χ4n) is 2.59. The van der Waals surface area contributed by atoms with Gasteiger partial charge in [-0.25, -0.2) is 0 Å². The minimum atomic E-state index is -1.61. The molecule has 3 aromatic rings. The van der Waals surface area contributed by atoms with Gasteiger partial charge in [-0.05, 0) is 36.4 Å². The molecule has 21 heavy (non-hydrogen) atoms. The maximum absolute atomic E-state index is 10.4. The Labute approximate surface area is 127 Å². The van der Waals surface area contributed by atoms with Crippen LogP contribution < -0.4 is 0 Å². The van der Waals surface area contributed by atoms with E-state index in [1.165, 1.54) is 14.7 Å². The molecule has 0 bridgehead atoms. The van der Waals surface area contributed by atoms with Gasteiger partial charge in [0.2, 0.25) is 0 Å². The van der Waals surface area contributed by atoms with Gasteiger partial charge in [-0.1, -0.05) is 54.6 Å². The summed E-state index contributed by atoms with van der Waals surface area (Å²) in [6, 6.07) is 31.0. The molecule has 0 fully saturated rings. The smallest absolute Gasteiger partial charge is 0.0847 e. The highest BCUT2D eigenvalue weighted by Crippen LogP contribution is 2.67. The zero-order chi connectivity index (χ0) is 14.5. The molecule has 0 aliphatic rings. The molecule has 0 atom stereocenters. The monoisotopic (exact) mass is 294 g/mol. The molecule has 0 unspecified atom stereocenters. The van der Waals surface area contributed by atoms with E-state index >= 15 is 0 Å². The average Bonchev–Trinajstić information content (AvgIpc) is 2.59. The van der Waals surface area contributed by atoms with Crippen LogP contribution >= 0.6 is 10.0 Å². The van der Waals surface area contributed by atoms with Crippen LogP contribution in [-0.2, 0) is 0 Å². The highest BCUT2D eigenvalue weighted by atomic mass is 32.3. The van der Waals surface area contributed by atoms with Crippen molar-refractivity contribution in [1.82, 2.24) is 0 Å². The summed E-state index contributed by atoms with van der Waals surface area (Å²) in [6.07, 6.45) is 0. The third-order valence-electron chi connectivity index (χ3n) is 3.63. The topological polar surface area (TPSA) is 20.2 Å². The molecule has 1 nitrogen and oxygen atoms in total. The van der Waals surface area contributed by atoms with Gasteiger partial charge in [-0.2, -0.15) is 0 Å². The lowest BCUT2D eigenvalue weighted by Crippen LogP contribution is -2.07. The maximum atomic E-state index is 10.4. The average molecular weight is 294 g/mol. The Hall–Kier alpha value is -2.03. The predicted octanol–water partition coefficient (Wildman–Crippen LogP) is 4.92. The first-order chi connectivity index (χ1) is 10.4. The second-order valence-corrected chi connectivity index (χ2v) is 7.96. The Morgan fingerprint density at radius 3 is 1.05 bits per heavy atom. The standard InChI is InChI=1S/C19H18OS/c20-16-21(17-10-4-1-5-11-17,18-12-6-2-7-13-18)19-14-8-3-9-15-19/h1-15,20H,16H2. The van der Waals surface area contributed by atoms with Gasteiger partial charge in [-0.15, -0.1) is 10.0 Å². The van der Waals surface area contributed by atoms with E-state index in [1.807, 2.05) is 54.6 Å². The molecule has 2 heteroatoms. The lowest BCUT2D eigenvalue weighted by atomic mass is 10.4. The van der Waals surface area contributed by atoms with E-state index in [9.17, 15) is 5.11 Å². The van der Waals surface area contributed by atoms with E-state index in [0.29, 0.717) is 0 Å². The highest BCUT2D eigenvalue weighted by Gasteiger charge is 2.29. The van der Waals surface area contributed by atoms with Crippen molar-refractivity contribution in [3.8, 4) is 0 Å². The van der Waals surface area contributed by atoms with Gasteiger partial charge in [-0.3, -0.25) is 0 Å². The van der Waals surface area contributed by atoms with Crippen LogP contribution in [0.4, 0.5) is 0 Å². The molecule has 0 radical (unpaired) electrons. The van der Waals surface area contributed by atoms with Crippen molar-refractivity contribution in [2.45, 2.75) is 14.7 Å². The molecule has 106 valence electrons. The summed E-state index contributed by atoms with van der Waals surface area (Å²) in [5.41, 5.74) is 0. The molecule has 0 aromatic heterocycles. The molecular formula is C19H18OS. The van der Waals surface area contributed by atoms with Crippen molar-refractivity contribution in [2.75, 3.05) is 5.94 Å². The number of rotatable bonds is 4. The van der Waals surface area contributed by atoms with Gasteiger partial charge in [0.15, 0.2) is 0 Å². The lowest BCUT2D eigenvalue weighted by molar-refractivity contribution is 0.370. The van der Waals surface area contributed by atoms with Crippen molar-refractivity contribution < 1.29 is 5.11 Å². The van der Waals surface area contributed by atoms with Crippen molar-refractivity contribution in [2.24, 2.45) is 0 Å². The SMILES string of the molecule is OCS(c1ccccc1)(c1ccccc1)c1ccccc1. The Morgan fingerprint density at radius 1 is 0.524 bits per heavy atom. The summed E-state index contributed by atoms with van der Waals surface area (Å²) in [4.78, 5) is 3.56. The molecule has 1 N–H and O–H groups in total. The molecule has 0 amide bonds. The third kappa shape index (κ3) is 2.48. The zero-order valence-electron chi connectivity index (χ0n) is 11.7. The molecule has 3 rings (SSSR count). The van der Waals surface area contributed by atoms with Crippen molar-refractivity contribution >= 4 is 10.0 Å². The summed E-state index contributed by atoms with van der Waals surface area (Å²) in [6.45, 7) is 0. The summed E-state index contributed by atoms with van der Waals surface area (Å²) in [5, 5.41) is 10.4. The zero-order valence-corrected chi connectivity index (χ0v) is 12.5. The Bertz CT molecular complexity index is 584. The number of aliphatic hydroxyl groups excluding tert-OH is 1. The van der Waals surface area contributed by atoms with Crippen LogP contribution in [0.25, 0.3) is 0 Å². The fourth-order valence-corrected chi connectivity index (χ4v) is 5.72. The van der Waals surface area contributed by atoms with Crippen molar-refractivity contribution in [3.05, 3.63) is 91.0 Å². The van der Waals surface area contributed by atoms with Crippen LogP contribution in [-0.4, -0.2) is 11.0 Å². The van der Waals surface area contributed by atoms with Crippen molar-refractivity contribution in [3.63, 3.8) is 0 Å². The lowest BCUT2D eigenvalue weighted by Gasteiger charge is -2.39. The second-order valence-electron chi connectivity index (χ2n) is 4.81. The minimum Gasteiger partial charge on any atom is -0.386 e. The minimum absolute atomic E-state index is 0.116. The van der Waals surface area contributed by atoms with Gasteiger partial charge >= 0.3 is 0 Å². The first-order valence-corrected chi connectivity index (χ1v) is 8.75. The van der Waals surface area contributed by atoms with E-state index in [4.69, 9.17) is 0 Å². The highest BCUT2D eigenvalue weighted by molar-refractivity contribution is 8.33. The van der Waals surface area contributed by atoms with E-state index in [1.54, 1.807) is 0 Å². The molecule has 3 aromatic carbocycles. The van der Waals surface area contributed by atoms with Gasteiger partial charge in [0, 0.05) is 14.7 Å². The third-order valence-corrected chi connectivity index (χ3v) is 7.25. The van der Waals surface area contributed by atoms with Crippen LogP contribution in [0.15, 0.2) is 106 Å². The quantitative estimate of drug-likeness (QED) is 0.724. The molecule has 0 aliphatic carbocycles. The molecular weight excluding hydrogens is 276 g/mol. The van der Waals surface area contributed by atoms with Crippen LogP contribution in [0.1, 0.15) is 0 Å². The summed E-state index contributed by atoms with van der Waals surface area (Å²) < 4.78 is 0.